The standard InChI is InChI=1S/C3H4Br2NO/c1-3(4,5)2(6)7/h6H,1H3. The van der Waals surface area contributed by atoms with Gasteiger partial charge in [-0.2, -0.15) is 0 Å². The Balaban J connectivity index is 3.79. The molecule has 1 amide bonds. The van der Waals surface area contributed by atoms with E-state index in [1.165, 1.54) is 0 Å². The molecule has 7 heavy (non-hydrogen) atoms. The summed E-state index contributed by atoms with van der Waals surface area (Å²) in [6.07, 6.45) is 0. The van der Waals surface area contributed by atoms with Crippen LogP contribution in [0.15, 0.2) is 0 Å². The molecule has 0 aromatic heterocycles. The van der Waals surface area contributed by atoms with Gasteiger partial charge in [-0.15, -0.1) is 0 Å². The smallest absolute Gasteiger partial charge is 0.265 e. The van der Waals surface area contributed by atoms with Gasteiger partial charge in [-0.05, 0) is 6.92 Å². The first-order valence-corrected chi connectivity index (χ1v) is 3.17. The Kier molecular flexibility index (Phi) is 2.26. The van der Waals surface area contributed by atoms with E-state index in [1.54, 1.807) is 6.92 Å². The number of carbonyl (C=O) groups excluding carboxylic acids is 1. The molecule has 0 unspecified atom stereocenters. The lowest BCUT2D eigenvalue weighted by atomic mass is 10.5. The summed E-state index contributed by atoms with van der Waals surface area (Å²) in [7, 11) is 0. The molecule has 0 aliphatic carbocycles. The van der Waals surface area contributed by atoms with E-state index in [0.29, 0.717) is 0 Å². The van der Waals surface area contributed by atoms with Crippen LogP contribution in [0.4, 0.5) is 0 Å². The summed E-state index contributed by atoms with van der Waals surface area (Å²) < 4.78 is -0.847. The molecule has 0 saturated carbocycles. The zero-order valence-corrected chi connectivity index (χ0v) is 6.84. The maximum Gasteiger partial charge on any atom is 0.265 e. The number of carbonyl (C=O) groups is 1. The van der Waals surface area contributed by atoms with Crippen LogP contribution in [0.1, 0.15) is 6.92 Å². The van der Waals surface area contributed by atoms with Gasteiger partial charge in [-0.1, -0.05) is 31.9 Å². The number of alkyl halides is 2. The van der Waals surface area contributed by atoms with Crippen molar-refractivity contribution in [3.8, 4) is 0 Å². The second-order valence-corrected chi connectivity index (χ2v) is 5.45. The quantitative estimate of drug-likeness (QED) is 0.625. The lowest BCUT2D eigenvalue weighted by Crippen LogP contribution is -2.20. The number of amides is 1. The normalized spacial score (nSPS) is 11.3. The van der Waals surface area contributed by atoms with E-state index >= 15 is 0 Å². The summed E-state index contributed by atoms with van der Waals surface area (Å²) in [5.41, 5.74) is 6.50. The van der Waals surface area contributed by atoms with Crippen LogP contribution in [-0.4, -0.2) is 9.14 Å². The summed E-state index contributed by atoms with van der Waals surface area (Å²) in [6, 6.07) is 0. The van der Waals surface area contributed by atoms with Gasteiger partial charge >= 0.3 is 0 Å². The van der Waals surface area contributed by atoms with Crippen molar-refractivity contribution in [1.29, 1.82) is 0 Å². The molecule has 2 nitrogen and oxygen atoms in total. The Morgan fingerprint density at radius 3 is 1.86 bits per heavy atom. The summed E-state index contributed by atoms with van der Waals surface area (Å²) in [6.45, 7) is 1.56. The molecule has 1 N–H and O–H groups in total. The molecule has 0 aromatic rings. The molecule has 0 spiro atoms. The SMILES string of the molecule is CC(Br)(Br)C([NH])=O. The highest BCUT2D eigenvalue weighted by Crippen LogP contribution is 2.24. The Morgan fingerprint density at radius 2 is 1.86 bits per heavy atom. The predicted octanol–water partition coefficient (Wildman–Crippen LogP) is 1.30. The predicted molar refractivity (Wildman–Crippen MR) is 34.4 cm³/mol. The lowest BCUT2D eigenvalue weighted by Gasteiger charge is -2.04. The maximum absolute atomic E-state index is 10.0. The molecular formula is C3H4Br2NO. The first-order chi connectivity index (χ1) is 2.94. The summed E-state index contributed by atoms with van der Waals surface area (Å²) in [5.74, 6) is -0.674. The average Bonchev–Trinajstić information content (AvgIpc) is 1.31. The number of hydrogen-bond acceptors (Lipinski definition) is 1. The van der Waals surface area contributed by atoms with E-state index < -0.39 is 9.14 Å². The van der Waals surface area contributed by atoms with Crippen LogP contribution >= 0.6 is 31.9 Å². The highest BCUT2D eigenvalue weighted by atomic mass is 79.9. The molecule has 41 valence electrons. The van der Waals surface area contributed by atoms with Gasteiger partial charge in [0.2, 0.25) is 0 Å². The van der Waals surface area contributed by atoms with Crippen molar-refractivity contribution in [2.75, 3.05) is 0 Å². The number of hydrogen-bond donors (Lipinski definition) is 0. The van der Waals surface area contributed by atoms with E-state index in [1.807, 2.05) is 0 Å². The highest BCUT2D eigenvalue weighted by Gasteiger charge is 2.22. The minimum Gasteiger partial charge on any atom is -0.271 e. The van der Waals surface area contributed by atoms with Crippen molar-refractivity contribution >= 4 is 37.8 Å². The van der Waals surface area contributed by atoms with E-state index in [0.717, 1.165) is 0 Å². The first-order valence-electron chi connectivity index (χ1n) is 1.58. The second kappa shape index (κ2) is 2.13. The first kappa shape index (κ1) is 7.43. The second-order valence-electron chi connectivity index (χ2n) is 1.22. The van der Waals surface area contributed by atoms with Gasteiger partial charge in [-0.25, -0.2) is 0 Å². The van der Waals surface area contributed by atoms with Crippen molar-refractivity contribution in [1.82, 2.24) is 5.73 Å². The third-order valence-corrected chi connectivity index (χ3v) is 1.12. The molecule has 0 heterocycles. The average molecular weight is 230 g/mol. The number of halogens is 2. The highest BCUT2D eigenvalue weighted by molar-refractivity contribution is 9.25. The minimum absolute atomic E-state index is 0.674. The van der Waals surface area contributed by atoms with E-state index in [4.69, 9.17) is 5.73 Å². The Morgan fingerprint density at radius 1 is 1.71 bits per heavy atom. The van der Waals surface area contributed by atoms with Crippen LogP contribution in [0, 0.1) is 0 Å². The van der Waals surface area contributed by atoms with Gasteiger partial charge in [-0.3, -0.25) is 10.5 Å². The van der Waals surface area contributed by atoms with Crippen molar-refractivity contribution in [3.05, 3.63) is 0 Å². The van der Waals surface area contributed by atoms with Gasteiger partial charge < -0.3 is 0 Å². The Hall–Kier alpha value is 0.430. The largest absolute Gasteiger partial charge is 0.271 e. The van der Waals surface area contributed by atoms with E-state index in [2.05, 4.69) is 31.9 Å². The summed E-state index contributed by atoms with van der Waals surface area (Å²) >= 11 is 5.84. The summed E-state index contributed by atoms with van der Waals surface area (Å²) in [4.78, 5) is 10.0. The van der Waals surface area contributed by atoms with Crippen LogP contribution in [0.5, 0.6) is 0 Å². The molecule has 0 aliphatic rings. The molecule has 1 radical (unpaired) electrons. The van der Waals surface area contributed by atoms with Gasteiger partial charge in [0, 0.05) is 0 Å². The van der Waals surface area contributed by atoms with Gasteiger partial charge in [0.15, 0.2) is 3.23 Å². The fourth-order valence-corrected chi connectivity index (χ4v) is 0. The zero-order chi connectivity index (χ0) is 6.08. The fourth-order valence-electron chi connectivity index (χ4n) is 0. The topological polar surface area (TPSA) is 40.9 Å². The summed E-state index contributed by atoms with van der Waals surface area (Å²) in [5, 5.41) is 0. The third-order valence-electron chi connectivity index (χ3n) is 0.399. The van der Waals surface area contributed by atoms with Crippen molar-refractivity contribution in [2.24, 2.45) is 0 Å². The molecule has 4 heteroatoms. The molecule has 0 bridgehead atoms. The van der Waals surface area contributed by atoms with Crippen LogP contribution in [-0.2, 0) is 4.79 Å². The van der Waals surface area contributed by atoms with Gasteiger partial charge in [0.1, 0.15) is 0 Å². The van der Waals surface area contributed by atoms with Crippen molar-refractivity contribution in [3.63, 3.8) is 0 Å². The minimum atomic E-state index is -0.847. The third kappa shape index (κ3) is 3.05. The molecule has 0 rings (SSSR count). The fraction of sp³-hybridized carbons (Fsp3) is 0.667. The molecule has 0 atom stereocenters. The van der Waals surface area contributed by atoms with Crippen molar-refractivity contribution in [2.45, 2.75) is 10.2 Å². The molecule has 0 aromatic carbocycles. The number of rotatable bonds is 1. The Bertz CT molecular complexity index is 85.4. The van der Waals surface area contributed by atoms with Crippen molar-refractivity contribution < 1.29 is 4.79 Å². The molecule has 0 aliphatic heterocycles. The van der Waals surface area contributed by atoms with Gasteiger partial charge in [0.05, 0.1) is 0 Å². The monoisotopic (exact) mass is 228 g/mol. The van der Waals surface area contributed by atoms with Crippen LogP contribution in [0.2, 0.25) is 0 Å². The Labute approximate surface area is 58.7 Å². The van der Waals surface area contributed by atoms with Crippen LogP contribution in [0.3, 0.4) is 0 Å². The molecule has 0 saturated heterocycles. The maximum atomic E-state index is 10.0. The lowest BCUT2D eigenvalue weighted by molar-refractivity contribution is -0.118. The number of nitrogens with one attached hydrogen (secondary N) is 1. The molecule has 0 fully saturated rings. The van der Waals surface area contributed by atoms with Crippen LogP contribution in [0.25, 0.3) is 0 Å². The van der Waals surface area contributed by atoms with E-state index in [-0.39, 0.29) is 0 Å². The van der Waals surface area contributed by atoms with Gasteiger partial charge in [0.25, 0.3) is 5.91 Å². The van der Waals surface area contributed by atoms with E-state index in [9.17, 15) is 4.79 Å². The molecular weight excluding hydrogens is 226 g/mol. The zero-order valence-electron chi connectivity index (χ0n) is 3.66. The van der Waals surface area contributed by atoms with Crippen LogP contribution < -0.4 is 5.73 Å².